The third kappa shape index (κ3) is 2.20. The third-order valence-electron chi connectivity index (χ3n) is 3.62. The number of rotatable bonds is 1. The summed E-state index contributed by atoms with van der Waals surface area (Å²) in [6.45, 7) is 6.30. The van der Waals surface area contributed by atoms with E-state index >= 15 is 0 Å². The SMILES string of the molecule is CN1c2ccccc2-c2ccccc2C1OC(C)(C)C. The van der Waals surface area contributed by atoms with Gasteiger partial charge in [-0.2, -0.15) is 0 Å². The lowest BCUT2D eigenvalue weighted by Crippen LogP contribution is -2.35. The van der Waals surface area contributed by atoms with Gasteiger partial charge in [-0.3, -0.25) is 0 Å². The van der Waals surface area contributed by atoms with Crippen molar-refractivity contribution in [2.45, 2.75) is 32.6 Å². The van der Waals surface area contributed by atoms with Crippen LogP contribution in [0.15, 0.2) is 48.5 Å². The summed E-state index contributed by atoms with van der Waals surface area (Å²) in [6, 6.07) is 17.0. The quantitative estimate of drug-likeness (QED) is 0.747. The summed E-state index contributed by atoms with van der Waals surface area (Å²) in [4.78, 5) is 2.23. The van der Waals surface area contributed by atoms with Crippen LogP contribution < -0.4 is 4.90 Å². The van der Waals surface area contributed by atoms with E-state index < -0.39 is 0 Å². The molecule has 0 fully saturated rings. The van der Waals surface area contributed by atoms with Crippen LogP contribution in [0.4, 0.5) is 5.69 Å². The number of hydrogen-bond donors (Lipinski definition) is 0. The molecule has 2 aromatic carbocycles. The Hall–Kier alpha value is -1.80. The van der Waals surface area contributed by atoms with Crippen molar-refractivity contribution < 1.29 is 4.74 Å². The molecule has 0 spiro atoms. The lowest BCUT2D eigenvalue weighted by Gasteiger charge is -2.40. The molecule has 1 aliphatic rings. The first-order chi connectivity index (χ1) is 9.47. The zero-order valence-corrected chi connectivity index (χ0v) is 12.6. The van der Waals surface area contributed by atoms with Gasteiger partial charge < -0.3 is 9.64 Å². The molecule has 3 rings (SSSR count). The van der Waals surface area contributed by atoms with E-state index in [1.54, 1.807) is 0 Å². The Morgan fingerprint density at radius 2 is 1.50 bits per heavy atom. The first-order valence-electron chi connectivity index (χ1n) is 7.06. The van der Waals surface area contributed by atoms with Gasteiger partial charge in [-0.05, 0) is 32.4 Å². The van der Waals surface area contributed by atoms with Gasteiger partial charge in [0.2, 0.25) is 0 Å². The monoisotopic (exact) mass is 267 g/mol. The molecule has 104 valence electrons. The smallest absolute Gasteiger partial charge is 0.157 e. The van der Waals surface area contributed by atoms with E-state index in [1.165, 1.54) is 22.4 Å². The molecule has 1 aliphatic heterocycles. The molecule has 2 heteroatoms. The first kappa shape index (κ1) is 13.2. The van der Waals surface area contributed by atoms with Gasteiger partial charge in [0.1, 0.15) is 0 Å². The zero-order valence-electron chi connectivity index (χ0n) is 12.6. The van der Waals surface area contributed by atoms with E-state index in [2.05, 4.69) is 81.2 Å². The second-order valence-corrected chi connectivity index (χ2v) is 6.30. The van der Waals surface area contributed by atoms with Gasteiger partial charge >= 0.3 is 0 Å². The van der Waals surface area contributed by atoms with Crippen LogP contribution in [-0.4, -0.2) is 12.6 Å². The van der Waals surface area contributed by atoms with Gasteiger partial charge in [-0.15, -0.1) is 0 Å². The molecule has 0 bridgehead atoms. The number of ether oxygens (including phenoxy) is 1. The summed E-state index contributed by atoms with van der Waals surface area (Å²) in [5.41, 5.74) is 4.83. The predicted molar refractivity (Wildman–Crippen MR) is 83.9 cm³/mol. The van der Waals surface area contributed by atoms with Gasteiger partial charge in [0, 0.05) is 23.9 Å². The molecule has 0 saturated heterocycles. The van der Waals surface area contributed by atoms with E-state index in [9.17, 15) is 0 Å². The van der Waals surface area contributed by atoms with E-state index in [4.69, 9.17) is 4.74 Å². The largest absolute Gasteiger partial charge is 0.348 e. The van der Waals surface area contributed by atoms with E-state index in [-0.39, 0.29) is 11.8 Å². The van der Waals surface area contributed by atoms with Crippen LogP contribution in [0.3, 0.4) is 0 Å². The number of para-hydroxylation sites is 1. The molecule has 1 atom stereocenters. The highest BCUT2D eigenvalue weighted by Crippen LogP contribution is 2.45. The average Bonchev–Trinajstić information content (AvgIpc) is 2.42. The maximum Gasteiger partial charge on any atom is 0.157 e. The normalized spacial score (nSPS) is 17.6. The van der Waals surface area contributed by atoms with Crippen LogP contribution in [0.2, 0.25) is 0 Å². The molecule has 2 nitrogen and oxygen atoms in total. The molecule has 20 heavy (non-hydrogen) atoms. The predicted octanol–water partition coefficient (Wildman–Crippen LogP) is 4.62. The Kier molecular flexibility index (Phi) is 3.06. The highest BCUT2D eigenvalue weighted by molar-refractivity contribution is 5.84. The third-order valence-corrected chi connectivity index (χ3v) is 3.62. The standard InChI is InChI=1S/C18H21NO/c1-18(2,3)20-17-15-11-6-5-9-13(15)14-10-7-8-12-16(14)19(17)4/h5-12,17H,1-4H3. The minimum absolute atomic E-state index is 0.0406. The summed E-state index contributed by atoms with van der Waals surface area (Å²) in [5, 5.41) is 0. The molecule has 0 aromatic heterocycles. The van der Waals surface area contributed by atoms with Crippen molar-refractivity contribution in [2.75, 3.05) is 11.9 Å². The van der Waals surface area contributed by atoms with Crippen molar-refractivity contribution in [1.82, 2.24) is 0 Å². The lowest BCUT2D eigenvalue weighted by molar-refractivity contribution is -0.0610. The highest BCUT2D eigenvalue weighted by Gasteiger charge is 2.31. The summed E-state index contributed by atoms with van der Waals surface area (Å²) in [6.07, 6.45) is -0.0406. The van der Waals surface area contributed by atoms with Gasteiger partial charge in [0.15, 0.2) is 6.23 Å². The molecule has 0 aliphatic carbocycles. The minimum atomic E-state index is -0.182. The first-order valence-corrected chi connectivity index (χ1v) is 7.06. The maximum atomic E-state index is 6.30. The van der Waals surface area contributed by atoms with Crippen molar-refractivity contribution in [2.24, 2.45) is 0 Å². The number of fused-ring (bicyclic) bond motifs is 3. The second kappa shape index (κ2) is 4.64. The van der Waals surface area contributed by atoms with Crippen molar-refractivity contribution in [3.05, 3.63) is 54.1 Å². The van der Waals surface area contributed by atoms with E-state index in [0.29, 0.717) is 0 Å². The molecule has 0 amide bonds. The van der Waals surface area contributed by atoms with Crippen LogP contribution >= 0.6 is 0 Å². The van der Waals surface area contributed by atoms with Crippen LogP contribution in [0.1, 0.15) is 32.6 Å². The van der Waals surface area contributed by atoms with Gasteiger partial charge in [-0.25, -0.2) is 0 Å². The Morgan fingerprint density at radius 3 is 2.20 bits per heavy atom. The summed E-state index contributed by atoms with van der Waals surface area (Å²) < 4.78 is 6.30. The Bertz CT molecular complexity index is 627. The lowest BCUT2D eigenvalue weighted by atomic mass is 9.92. The summed E-state index contributed by atoms with van der Waals surface area (Å²) in [7, 11) is 2.10. The van der Waals surface area contributed by atoms with Crippen LogP contribution in [0, 0.1) is 0 Å². The van der Waals surface area contributed by atoms with Crippen molar-refractivity contribution >= 4 is 5.69 Å². The molecule has 2 aromatic rings. The van der Waals surface area contributed by atoms with Gasteiger partial charge in [0.25, 0.3) is 0 Å². The average molecular weight is 267 g/mol. The molecule has 0 radical (unpaired) electrons. The van der Waals surface area contributed by atoms with E-state index in [1.807, 2.05) is 0 Å². The molecular formula is C18H21NO. The number of benzene rings is 2. The van der Waals surface area contributed by atoms with Crippen molar-refractivity contribution in [3.63, 3.8) is 0 Å². The number of nitrogens with zero attached hydrogens (tertiary/aromatic N) is 1. The van der Waals surface area contributed by atoms with Crippen molar-refractivity contribution in [3.8, 4) is 11.1 Å². The maximum absolute atomic E-state index is 6.30. The van der Waals surface area contributed by atoms with Gasteiger partial charge in [0.05, 0.1) is 5.60 Å². The second-order valence-electron chi connectivity index (χ2n) is 6.30. The molecule has 0 N–H and O–H groups in total. The zero-order chi connectivity index (χ0) is 14.3. The number of anilines is 1. The van der Waals surface area contributed by atoms with Crippen LogP contribution in [0.25, 0.3) is 11.1 Å². The van der Waals surface area contributed by atoms with Crippen LogP contribution in [-0.2, 0) is 4.74 Å². The summed E-state index contributed by atoms with van der Waals surface area (Å²) in [5.74, 6) is 0. The fourth-order valence-electron chi connectivity index (χ4n) is 2.78. The fourth-order valence-corrected chi connectivity index (χ4v) is 2.78. The van der Waals surface area contributed by atoms with Crippen molar-refractivity contribution in [1.29, 1.82) is 0 Å². The Morgan fingerprint density at radius 1 is 0.900 bits per heavy atom. The highest BCUT2D eigenvalue weighted by atomic mass is 16.5. The fraction of sp³-hybridized carbons (Fsp3) is 0.333. The molecule has 1 unspecified atom stereocenters. The Balaban J connectivity index is 2.16. The van der Waals surface area contributed by atoms with E-state index in [0.717, 1.165) is 0 Å². The molecule has 0 saturated carbocycles. The molecule has 1 heterocycles. The topological polar surface area (TPSA) is 12.5 Å². The van der Waals surface area contributed by atoms with Crippen LogP contribution in [0.5, 0.6) is 0 Å². The summed E-state index contributed by atoms with van der Waals surface area (Å²) >= 11 is 0. The van der Waals surface area contributed by atoms with Gasteiger partial charge in [-0.1, -0.05) is 42.5 Å². The number of hydrogen-bond acceptors (Lipinski definition) is 2. The molecular weight excluding hydrogens is 246 g/mol. The minimum Gasteiger partial charge on any atom is -0.348 e. The Labute approximate surface area is 121 Å².